The monoisotopic (exact) mass is 529 g/mol. The Morgan fingerprint density at radius 2 is 2.00 bits per heavy atom. The Kier molecular flexibility index (Phi) is 13.6. The summed E-state index contributed by atoms with van der Waals surface area (Å²) in [5.74, 6) is 1.55. The number of rotatable bonds is 4. The van der Waals surface area contributed by atoms with Gasteiger partial charge in [-0.2, -0.15) is 0 Å². The highest BCUT2D eigenvalue weighted by atomic mass is 35.5. The third-order valence-corrected chi connectivity index (χ3v) is 6.51. The second-order valence-corrected chi connectivity index (χ2v) is 9.25. The summed E-state index contributed by atoms with van der Waals surface area (Å²) in [6.07, 6.45) is 1.55. The fraction of sp³-hybridized carbons (Fsp3) is 0.542. The van der Waals surface area contributed by atoms with E-state index in [4.69, 9.17) is 33.7 Å². The van der Waals surface area contributed by atoms with E-state index in [0.717, 1.165) is 37.0 Å². The second-order valence-electron chi connectivity index (χ2n) is 7.17. The molecule has 7 nitrogen and oxygen atoms in total. The number of aliphatic imine (C=N–C) groups is 1. The molecule has 2 N–H and O–H groups in total. The smallest absolute Gasteiger partial charge is 0.276 e. The van der Waals surface area contributed by atoms with E-state index in [1.165, 1.54) is 4.57 Å². The van der Waals surface area contributed by atoms with Crippen LogP contribution in [-0.4, -0.2) is 58.2 Å². The zero-order valence-electron chi connectivity index (χ0n) is 21.2. The molecule has 1 fully saturated rings. The van der Waals surface area contributed by atoms with E-state index in [1.807, 2.05) is 32.7 Å². The van der Waals surface area contributed by atoms with Crippen LogP contribution in [0.3, 0.4) is 0 Å². The van der Waals surface area contributed by atoms with Gasteiger partial charge in [0.15, 0.2) is 5.17 Å². The maximum Gasteiger partial charge on any atom is 0.276 e. The molecule has 1 aromatic heterocycles. The van der Waals surface area contributed by atoms with Crippen molar-refractivity contribution in [1.82, 2.24) is 14.5 Å². The van der Waals surface area contributed by atoms with Crippen LogP contribution >= 0.6 is 35.0 Å². The number of hydrogen-bond acceptors (Lipinski definition) is 6. The van der Waals surface area contributed by atoms with E-state index in [-0.39, 0.29) is 11.2 Å². The van der Waals surface area contributed by atoms with E-state index in [0.29, 0.717) is 33.2 Å². The molecular weight excluding hydrogens is 493 g/mol. The number of nitrogen functional groups attached to an aromatic ring is 1. The van der Waals surface area contributed by atoms with Gasteiger partial charge < -0.3 is 15.4 Å². The lowest BCUT2D eigenvalue weighted by atomic mass is 10.2. The lowest BCUT2D eigenvalue weighted by molar-refractivity contribution is 0.0734. The molecule has 2 heterocycles. The Morgan fingerprint density at radius 1 is 1.32 bits per heavy atom. The van der Waals surface area contributed by atoms with Crippen molar-refractivity contribution < 1.29 is 4.74 Å². The number of thioether (sulfide) groups is 1. The van der Waals surface area contributed by atoms with Crippen molar-refractivity contribution >= 4 is 45.8 Å². The molecule has 10 heteroatoms. The van der Waals surface area contributed by atoms with Crippen molar-refractivity contribution in [3.8, 4) is 11.4 Å². The zero-order valence-corrected chi connectivity index (χ0v) is 23.5. The Balaban J connectivity index is 0.000000326. The highest BCUT2D eigenvalue weighted by Crippen LogP contribution is 2.28. The average Bonchev–Trinajstić information content (AvgIpc) is 3.29. The minimum atomic E-state index is -0.288. The lowest BCUT2D eigenvalue weighted by Gasteiger charge is -2.19. The molecular formula is C24H37Cl2N5O2S. The third-order valence-electron chi connectivity index (χ3n) is 4.97. The Morgan fingerprint density at radius 3 is 2.56 bits per heavy atom. The van der Waals surface area contributed by atoms with E-state index in [2.05, 4.69) is 28.7 Å². The fourth-order valence-electron chi connectivity index (χ4n) is 3.34. The van der Waals surface area contributed by atoms with Crippen LogP contribution in [0.5, 0.6) is 0 Å². The van der Waals surface area contributed by atoms with Gasteiger partial charge in [0.05, 0.1) is 16.8 Å². The first-order chi connectivity index (χ1) is 16.2. The number of aromatic nitrogens is 2. The number of halogens is 2. The molecule has 2 aromatic rings. The number of ether oxygens (including phenoxy) is 1. The number of nitrogens with zero attached hydrogens (tertiary/aromatic N) is 4. The number of likely N-dealkylation sites (tertiary alicyclic amines) is 1. The van der Waals surface area contributed by atoms with Crippen molar-refractivity contribution in [1.29, 1.82) is 0 Å². The molecule has 1 aromatic carbocycles. The molecule has 0 spiro atoms. The first-order valence-electron chi connectivity index (χ1n) is 11.5. The van der Waals surface area contributed by atoms with Crippen molar-refractivity contribution in [3.63, 3.8) is 0 Å². The molecule has 1 aliphatic heterocycles. The third kappa shape index (κ3) is 8.18. The van der Waals surface area contributed by atoms with E-state index in [9.17, 15) is 4.79 Å². The Labute approximate surface area is 217 Å². The molecule has 0 bridgehead atoms. The second kappa shape index (κ2) is 15.3. The summed E-state index contributed by atoms with van der Waals surface area (Å²) < 4.78 is 6.97. The lowest BCUT2D eigenvalue weighted by Crippen LogP contribution is -2.28. The summed E-state index contributed by atoms with van der Waals surface area (Å²) >= 11 is 13.8. The summed E-state index contributed by atoms with van der Waals surface area (Å²) in [4.78, 5) is 22.8. The van der Waals surface area contributed by atoms with Crippen LogP contribution in [0.1, 0.15) is 39.8 Å². The van der Waals surface area contributed by atoms with Crippen LogP contribution in [0.2, 0.25) is 10.0 Å². The SMILES string of the molecule is CC.CCO[C@@H]1CCN(C(=NC)SCC)C1.Cc1nc(-c2ccc(Cl)cc2Cl)n(C)c(=O)c1N. The number of benzene rings is 1. The molecule has 190 valence electrons. The predicted molar refractivity (Wildman–Crippen MR) is 149 cm³/mol. The van der Waals surface area contributed by atoms with Crippen LogP contribution in [0.4, 0.5) is 5.69 Å². The number of aryl methyl sites for hydroxylation is 1. The Bertz CT molecular complexity index is 1010. The molecule has 0 aliphatic carbocycles. The summed E-state index contributed by atoms with van der Waals surface area (Å²) in [5, 5.41) is 2.13. The average molecular weight is 531 g/mol. The molecule has 0 amide bonds. The molecule has 0 radical (unpaired) electrons. The highest BCUT2D eigenvalue weighted by molar-refractivity contribution is 8.13. The highest BCUT2D eigenvalue weighted by Gasteiger charge is 2.24. The molecule has 1 saturated heterocycles. The van der Waals surface area contributed by atoms with Gasteiger partial charge in [0, 0.05) is 44.4 Å². The van der Waals surface area contributed by atoms with Gasteiger partial charge in [-0.1, -0.05) is 55.7 Å². The van der Waals surface area contributed by atoms with Gasteiger partial charge >= 0.3 is 0 Å². The standard InChI is InChI=1S/C12H11Cl2N3O.C10H20N2OS.C2H6/c1-6-10(15)12(18)17(2)11(16-6)8-4-3-7(13)5-9(8)14;1-4-13-9-6-7-12(8-9)10(11-3)14-5-2;1-2/h3-5H,15H2,1-2H3;9H,4-8H2,1-3H3;1-2H3/t;9-;/m.1./s1. The van der Waals surface area contributed by atoms with Crippen LogP contribution in [-0.2, 0) is 11.8 Å². The molecule has 1 aliphatic rings. The minimum absolute atomic E-state index is 0.145. The fourth-order valence-corrected chi connectivity index (χ4v) is 4.57. The number of anilines is 1. The zero-order chi connectivity index (χ0) is 25.8. The first-order valence-corrected chi connectivity index (χ1v) is 13.2. The van der Waals surface area contributed by atoms with Crippen molar-refractivity contribution in [3.05, 3.63) is 44.3 Å². The van der Waals surface area contributed by atoms with Crippen LogP contribution in [0.15, 0.2) is 28.0 Å². The van der Waals surface area contributed by atoms with Crippen LogP contribution in [0, 0.1) is 6.92 Å². The summed E-state index contributed by atoms with van der Waals surface area (Å²) in [6, 6.07) is 5.03. The number of nitrogens with two attached hydrogens (primary N) is 1. The number of hydrogen-bond donors (Lipinski definition) is 1. The predicted octanol–water partition coefficient (Wildman–Crippen LogP) is 5.51. The van der Waals surface area contributed by atoms with E-state index >= 15 is 0 Å². The summed E-state index contributed by atoms with van der Waals surface area (Å²) in [6.45, 7) is 12.8. The Hall–Kier alpha value is -1.74. The van der Waals surface area contributed by atoms with Gasteiger partial charge in [0.1, 0.15) is 11.5 Å². The molecule has 34 heavy (non-hydrogen) atoms. The quantitative estimate of drug-likeness (QED) is 0.415. The first kappa shape index (κ1) is 30.3. The largest absolute Gasteiger partial charge is 0.393 e. The maximum atomic E-state index is 11.9. The number of amidine groups is 1. The molecule has 0 saturated carbocycles. The van der Waals surface area contributed by atoms with Gasteiger partial charge in [-0.05, 0) is 44.2 Å². The minimum Gasteiger partial charge on any atom is -0.393 e. The molecule has 1 atom stereocenters. The normalized spacial score (nSPS) is 15.4. The molecule has 0 unspecified atom stereocenters. The maximum absolute atomic E-state index is 11.9. The summed E-state index contributed by atoms with van der Waals surface area (Å²) in [5.41, 5.74) is 6.63. The van der Waals surface area contributed by atoms with Crippen LogP contribution in [0.25, 0.3) is 11.4 Å². The van der Waals surface area contributed by atoms with Gasteiger partial charge in [-0.25, -0.2) is 4.98 Å². The topological polar surface area (TPSA) is 85.7 Å². The van der Waals surface area contributed by atoms with Crippen molar-refractivity contribution in [2.24, 2.45) is 12.0 Å². The van der Waals surface area contributed by atoms with Gasteiger partial charge in [-0.15, -0.1) is 0 Å². The van der Waals surface area contributed by atoms with E-state index < -0.39 is 0 Å². The summed E-state index contributed by atoms with van der Waals surface area (Å²) in [7, 11) is 3.47. The van der Waals surface area contributed by atoms with Gasteiger partial charge in [0.2, 0.25) is 0 Å². The van der Waals surface area contributed by atoms with E-state index in [1.54, 1.807) is 32.2 Å². The molecule has 3 rings (SSSR count). The van der Waals surface area contributed by atoms with Gasteiger partial charge in [0.25, 0.3) is 5.56 Å². The van der Waals surface area contributed by atoms with Crippen LogP contribution < -0.4 is 11.3 Å². The van der Waals surface area contributed by atoms with Crippen molar-refractivity contribution in [2.75, 3.05) is 38.2 Å². The van der Waals surface area contributed by atoms with Crippen molar-refractivity contribution in [2.45, 2.75) is 47.1 Å². The van der Waals surface area contributed by atoms with Gasteiger partial charge in [-0.3, -0.25) is 14.4 Å².